The van der Waals surface area contributed by atoms with Crippen molar-refractivity contribution in [3.05, 3.63) is 0 Å². The molecule has 0 fully saturated rings. The van der Waals surface area contributed by atoms with E-state index in [2.05, 4.69) is 15.9 Å². The molecule has 0 rings (SSSR count). The Labute approximate surface area is 98.9 Å². The number of sulfone groups is 1. The summed E-state index contributed by atoms with van der Waals surface area (Å²) >= 11 is 2.91. The molecule has 1 N–H and O–H groups in total. The van der Waals surface area contributed by atoms with Crippen molar-refractivity contribution in [3.8, 4) is 0 Å². The molecule has 16 heavy (non-hydrogen) atoms. The second-order valence-electron chi connectivity index (χ2n) is 3.06. The van der Waals surface area contributed by atoms with Crippen molar-refractivity contribution >= 4 is 31.7 Å². The van der Waals surface area contributed by atoms with Crippen LogP contribution in [0.15, 0.2) is 0 Å². The molecule has 0 aliphatic carbocycles. The number of halogens is 4. The highest BCUT2D eigenvalue weighted by molar-refractivity contribution is 9.09. The molecule has 0 radical (unpaired) electrons. The Kier molecular flexibility index (Phi) is 5.24. The van der Waals surface area contributed by atoms with Crippen LogP contribution >= 0.6 is 15.9 Å². The van der Waals surface area contributed by atoms with Crippen LogP contribution in [0.5, 0.6) is 0 Å². The molecule has 0 saturated carbocycles. The Balaban J connectivity index is 5.17. The molecule has 0 spiro atoms. The SMILES string of the molecule is CCC(Br)CC(C(=O)O)S(=O)(=O)C(F)(F)F. The van der Waals surface area contributed by atoms with Gasteiger partial charge < -0.3 is 5.11 Å². The minimum Gasteiger partial charge on any atom is -0.480 e. The third kappa shape index (κ3) is 3.62. The van der Waals surface area contributed by atoms with Gasteiger partial charge in [0.1, 0.15) is 0 Å². The normalized spacial score (nSPS) is 16.8. The van der Waals surface area contributed by atoms with Crippen LogP contribution in [0, 0.1) is 0 Å². The summed E-state index contributed by atoms with van der Waals surface area (Å²) in [5.41, 5.74) is -5.55. The summed E-state index contributed by atoms with van der Waals surface area (Å²) in [4.78, 5) is 9.95. The van der Waals surface area contributed by atoms with Gasteiger partial charge in [0.15, 0.2) is 5.25 Å². The largest absolute Gasteiger partial charge is 0.498 e. The number of aliphatic carboxylic acids is 1. The minimum absolute atomic E-state index is 0.331. The molecule has 9 heteroatoms. The van der Waals surface area contributed by atoms with E-state index in [1.807, 2.05) is 0 Å². The maximum Gasteiger partial charge on any atom is 0.498 e. The first kappa shape index (κ1) is 15.7. The van der Waals surface area contributed by atoms with Crippen LogP contribution in [0.25, 0.3) is 0 Å². The minimum atomic E-state index is -5.67. The number of carboxylic acid groups (broad SMARTS) is 1. The first-order chi connectivity index (χ1) is 7.04. The lowest BCUT2D eigenvalue weighted by Crippen LogP contribution is -2.40. The number of hydrogen-bond acceptors (Lipinski definition) is 3. The highest BCUT2D eigenvalue weighted by Gasteiger charge is 2.53. The Morgan fingerprint density at radius 1 is 1.44 bits per heavy atom. The van der Waals surface area contributed by atoms with Crippen molar-refractivity contribution in [1.29, 1.82) is 0 Å². The smallest absolute Gasteiger partial charge is 0.480 e. The average Bonchev–Trinajstić information content (AvgIpc) is 2.10. The summed E-state index contributed by atoms with van der Waals surface area (Å²) in [7, 11) is -5.67. The average molecular weight is 327 g/mol. The van der Waals surface area contributed by atoms with E-state index in [1.54, 1.807) is 6.92 Å². The van der Waals surface area contributed by atoms with Crippen molar-refractivity contribution in [3.63, 3.8) is 0 Å². The van der Waals surface area contributed by atoms with Crippen LogP contribution in [0.1, 0.15) is 19.8 Å². The van der Waals surface area contributed by atoms with Gasteiger partial charge in [-0.3, -0.25) is 4.79 Å². The van der Waals surface area contributed by atoms with E-state index in [-0.39, 0.29) is 0 Å². The Hall–Kier alpha value is -0.310. The van der Waals surface area contributed by atoms with E-state index in [9.17, 15) is 26.4 Å². The molecule has 2 atom stereocenters. The van der Waals surface area contributed by atoms with E-state index >= 15 is 0 Å². The van der Waals surface area contributed by atoms with Crippen LogP contribution in [-0.4, -0.2) is 35.1 Å². The maximum atomic E-state index is 12.1. The summed E-state index contributed by atoms with van der Waals surface area (Å²) in [5.74, 6) is -1.99. The van der Waals surface area contributed by atoms with Crippen molar-refractivity contribution in [1.82, 2.24) is 0 Å². The van der Waals surface area contributed by atoms with Crippen LogP contribution < -0.4 is 0 Å². The van der Waals surface area contributed by atoms with Crippen LogP contribution in [0.4, 0.5) is 13.2 Å². The summed E-state index contributed by atoms with van der Waals surface area (Å²) < 4.78 is 58.2. The number of carbonyl (C=O) groups is 1. The number of carboxylic acids is 1. The van der Waals surface area contributed by atoms with E-state index in [1.165, 1.54) is 0 Å². The quantitative estimate of drug-likeness (QED) is 0.784. The van der Waals surface area contributed by atoms with Gasteiger partial charge in [-0.25, -0.2) is 8.42 Å². The zero-order valence-electron chi connectivity index (χ0n) is 8.16. The maximum absolute atomic E-state index is 12.1. The number of hydrogen-bond donors (Lipinski definition) is 1. The van der Waals surface area contributed by atoms with Crippen LogP contribution in [-0.2, 0) is 14.6 Å². The van der Waals surface area contributed by atoms with E-state index < -0.39 is 37.8 Å². The highest BCUT2D eigenvalue weighted by Crippen LogP contribution is 2.30. The number of rotatable bonds is 5. The van der Waals surface area contributed by atoms with Crippen molar-refractivity contribution in [2.75, 3.05) is 0 Å². The molecule has 0 aromatic heterocycles. The molecule has 4 nitrogen and oxygen atoms in total. The van der Waals surface area contributed by atoms with Crippen molar-refractivity contribution in [2.45, 2.75) is 35.4 Å². The monoisotopic (exact) mass is 326 g/mol. The third-order valence-electron chi connectivity index (χ3n) is 1.89. The molecule has 0 aliphatic heterocycles. The fourth-order valence-electron chi connectivity index (χ4n) is 0.920. The zero-order valence-corrected chi connectivity index (χ0v) is 10.6. The van der Waals surface area contributed by atoms with Crippen molar-refractivity contribution < 1.29 is 31.5 Å². The third-order valence-corrected chi connectivity index (χ3v) is 4.70. The van der Waals surface area contributed by atoms with Gasteiger partial charge in [0.25, 0.3) is 9.84 Å². The molecule has 0 bridgehead atoms. The van der Waals surface area contributed by atoms with Gasteiger partial charge in [0.05, 0.1) is 0 Å². The fraction of sp³-hybridized carbons (Fsp3) is 0.857. The predicted molar refractivity (Wildman–Crippen MR) is 54.0 cm³/mol. The summed E-state index contributed by atoms with van der Waals surface area (Å²) in [6.45, 7) is 1.60. The van der Waals surface area contributed by atoms with E-state index in [0.29, 0.717) is 6.42 Å². The lowest BCUT2D eigenvalue weighted by molar-refractivity contribution is -0.137. The number of alkyl halides is 4. The van der Waals surface area contributed by atoms with Gasteiger partial charge in [-0.15, -0.1) is 0 Å². The molecular formula is C7H10BrF3O4S. The molecule has 0 aromatic carbocycles. The van der Waals surface area contributed by atoms with Gasteiger partial charge in [0.2, 0.25) is 0 Å². The first-order valence-electron chi connectivity index (χ1n) is 4.21. The molecule has 0 saturated heterocycles. The summed E-state index contributed by atoms with van der Waals surface area (Å²) in [6, 6.07) is 0. The Bertz CT molecular complexity index is 351. The van der Waals surface area contributed by atoms with Gasteiger partial charge in [-0.1, -0.05) is 22.9 Å². The molecule has 2 unspecified atom stereocenters. The lowest BCUT2D eigenvalue weighted by Gasteiger charge is -2.17. The second kappa shape index (κ2) is 5.35. The predicted octanol–water partition coefficient (Wildman–Crippen LogP) is 1.94. The molecule has 0 aliphatic rings. The molecule has 96 valence electrons. The first-order valence-corrected chi connectivity index (χ1v) is 6.67. The molecule has 0 amide bonds. The topological polar surface area (TPSA) is 71.4 Å². The second-order valence-corrected chi connectivity index (χ2v) is 6.48. The van der Waals surface area contributed by atoms with Gasteiger partial charge in [-0.05, 0) is 12.8 Å². The molecule has 0 heterocycles. The van der Waals surface area contributed by atoms with E-state index in [0.717, 1.165) is 0 Å². The van der Waals surface area contributed by atoms with Crippen LogP contribution in [0.3, 0.4) is 0 Å². The van der Waals surface area contributed by atoms with Crippen LogP contribution in [0.2, 0.25) is 0 Å². The summed E-state index contributed by atoms with van der Waals surface area (Å²) in [5, 5.41) is 6.06. The van der Waals surface area contributed by atoms with Gasteiger partial charge >= 0.3 is 11.5 Å². The Morgan fingerprint density at radius 2 is 1.88 bits per heavy atom. The molecule has 0 aromatic rings. The zero-order chi connectivity index (χ0) is 13.1. The lowest BCUT2D eigenvalue weighted by atomic mass is 10.2. The molecular weight excluding hydrogens is 317 g/mol. The van der Waals surface area contributed by atoms with Crippen molar-refractivity contribution in [2.24, 2.45) is 0 Å². The fourth-order valence-corrected chi connectivity index (χ4v) is 2.62. The van der Waals surface area contributed by atoms with E-state index in [4.69, 9.17) is 5.11 Å². The van der Waals surface area contributed by atoms with Gasteiger partial charge in [0, 0.05) is 4.83 Å². The summed E-state index contributed by atoms with van der Waals surface area (Å²) in [6.07, 6.45) is -0.287. The van der Waals surface area contributed by atoms with Gasteiger partial charge in [-0.2, -0.15) is 13.2 Å². The Morgan fingerprint density at radius 3 is 2.12 bits per heavy atom. The highest BCUT2D eigenvalue weighted by atomic mass is 79.9. The standard InChI is InChI=1S/C7H10BrF3O4S/c1-2-4(8)3-5(6(12)13)16(14,15)7(9,10)11/h4-5H,2-3H2,1H3,(H,12,13).